The molecule has 4 rings (SSSR count). The van der Waals surface area contributed by atoms with E-state index < -0.39 is 6.10 Å². The molecular weight excluding hydrogens is 333 g/mol. The maximum atomic E-state index is 13.8. The van der Waals surface area contributed by atoms with Crippen molar-refractivity contribution in [1.82, 2.24) is 14.8 Å². The Morgan fingerprint density at radius 3 is 2.58 bits per heavy atom. The van der Waals surface area contributed by atoms with Gasteiger partial charge in [0.05, 0.1) is 19.2 Å². The number of aryl methyl sites for hydroxylation is 1. The summed E-state index contributed by atoms with van der Waals surface area (Å²) in [6, 6.07) is 10.7. The largest absolute Gasteiger partial charge is 0.389 e. The number of benzene rings is 2. The highest BCUT2D eigenvalue weighted by atomic mass is 19.1. The number of halogens is 1. The Bertz CT molecular complexity index is 938. The molecule has 6 heteroatoms. The molecule has 0 radical (unpaired) electrons. The van der Waals surface area contributed by atoms with Crippen molar-refractivity contribution < 1.29 is 14.3 Å². The van der Waals surface area contributed by atoms with Gasteiger partial charge in [0.1, 0.15) is 5.82 Å². The van der Waals surface area contributed by atoms with Gasteiger partial charge in [0.2, 0.25) is 0 Å². The number of hydrogen-bond acceptors (Lipinski definition) is 2. The molecule has 26 heavy (non-hydrogen) atoms. The van der Waals surface area contributed by atoms with Gasteiger partial charge < -0.3 is 19.9 Å². The molecule has 0 aliphatic carbocycles. The lowest BCUT2D eigenvalue weighted by Gasteiger charge is -2.20. The third-order valence-corrected chi connectivity index (χ3v) is 4.96. The fraction of sp³-hybridized carbons (Fsp3) is 0.350. The van der Waals surface area contributed by atoms with Crippen LogP contribution in [0.2, 0.25) is 0 Å². The Kier molecular flexibility index (Phi) is 4.07. The number of rotatable bonds is 4. The molecule has 1 fully saturated rings. The number of fused-ring (bicyclic) bond motifs is 3. The Hall–Kier alpha value is -2.60. The van der Waals surface area contributed by atoms with Crippen LogP contribution in [0, 0.1) is 12.7 Å². The molecule has 2 N–H and O–H groups in total. The van der Waals surface area contributed by atoms with Gasteiger partial charge in [-0.2, -0.15) is 0 Å². The highest BCUT2D eigenvalue weighted by Crippen LogP contribution is 2.30. The Balaban J connectivity index is 1.70. The molecule has 2 atom stereocenters. The van der Waals surface area contributed by atoms with Crippen molar-refractivity contribution in [2.45, 2.75) is 32.5 Å². The van der Waals surface area contributed by atoms with Gasteiger partial charge in [0, 0.05) is 34.4 Å². The van der Waals surface area contributed by atoms with Crippen molar-refractivity contribution in [1.29, 1.82) is 0 Å². The average Bonchev–Trinajstić information content (AvgIpc) is 3.04. The lowest BCUT2D eigenvalue weighted by Crippen LogP contribution is -2.37. The number of nitrogens with one attached hydrogen (secondary N) is 1. The first-order valence-electron chi connectivity index (χ1n) is 8.84. The number of aliphatic hydroxyl groups is 1. The van der Waals surface area contributed by atoms with Crippen molar-refractivity contribution in [3.63, 3.8) is 0 Å². The van der Waals surface area contributed by atoms with Crippen LogP contribution in [-0.2, 0) is 6.54 Å². The zero-order valence-electron chi connectivity index (χ0n) is 14.9. The van der Waals surface area contributed by atoms with Crippen LogP contribution < -0.4 is 5.32 Å². The fourth-order valence-electron chi connectivity index (χ4n) is 3.83. The van der Waals surface area contributed by atoms with E-state index in [1.807, 2.05) is 36.6 Å². The van der Waals surface area contributed by atoms with Crippen LogP contribution >= 0.6 is 0 Å². The summed E-state index contributed by atoms with van der Waals surface area (Å²) in [6.45, 7) is 5.14. The Labute approximate surface area is 151 Å². The lowest BCUT2D eigenvalue weighted by molar-refractivity contribution is 0.117. The molecule has 1 aromatic heterocycles. The molecule has 1 saturated heterocycles. The monoisotopic (exact) mass is 355 g/mol. The smallest absolute Gasteiger partial charge is 0.317 e. The molecule has 0 saturated carbocycles. The number of urea groups is 1. The highest BCUT2D eigenvalue weighted by Gasteiger charge is 2.27. The molecule has 5 nitrogen and oxygen atoms in total. The second-order valence-corrected chi connectivity index (χ2v) is 7.20. The molecule has 2 unspecified atom stereocenters. The predicted octanol–water partition coefficient (Wildman–Crippen LogP) is 3.02. The number of aliphatic hydroxyl groups excluding tert-OH is 1. The van der Waals surface area contributed by atoms with E-state index in [2.05, 4.69) is 5.32 Å². The number of hydrogen-bond donors (Lipinski definition) is 2. The van der Waals surface area contributed by atoms with E-state index >= 15 is 0 Å². The van der Waals surface area contributed by atoms with Gasteiger partial charge in [-0.3, -0.25) is 0 Å². The van der Waals surface area contributed by atoms with E-state index in [4.69, 9.17) is 0 Å². The van der Waals surface area contributed by atoms with Gasteiger partial charge in [-0.15, -0.1) is 0 Å². The standard InChI is InChI=1S/C20H22FN3O2/c1-12-3-5-18-16(7-12)17-8-14(21)4-6-19(17)24(18)11-15(25)10-23-9-13(2)22-20(23)26/h3-8,13,15,25H,9-11H2,1-2H3,(H,22,26). The van der Waals surface area contributed by atoms with Gasteiger partial charge in [0.25, 0.3) is 0 Å². The van der Waals surface area contributed by atoms with Crippen LogP contribution in [-0.4, -0.2) is 45.8 Å². The molecule has 2 heterocycles. The number of amides is 2. The summed E-state index contributed by atoms with van der Waals surface area (Å²) >= 11 is 0. The van der Waals surface area contributed by atoms with E-state index in [-0.39, 0.29) is 24.4 Å². The van der Waals surface area contributed by atoms with Gasteiger partial charge in [-0.25, -0.2) is 9.18 Å². The third kappa shape index (κ3) is 2.90. The van der Waals surface area contributed by atoms with E-state index in [9.17, 15) is 14.3 Å². The van der Waals surface area contributed by atoms with Gasteiger partial charge in [0.15, 0.2) is 0 Å². The molecule has 136 valence electrons. The van der Waals surface area contributed by atoms with Crippen LogP contribution in [0.1, 0.15) is 12.5 Å². The van der Waals surface area contributed by atoms with Crippen molar-refractivity contribution in [3.05, 3.63) is 47.8 Å². The van der Waals surface area contributed by atoms with E-state index in [0.29, 0.717) is 13.1 Å². The lowest BCUT2D eigenvalue weighted by atomic mass is 10.1. The van der Waals surface area contributed by atoms with Gasteiger partial charge in [-0.1, -0.05) is 11.6 Å². The van der Waals surface area contributed by atoms with Crippen LogP contribution in [0.3, 0.4) is 0 Å². The minimum Gasteiger partial charge on any atom is -0.389 e. The molecule has 3 aromatic rings. The molecule has 2 aromatic carbocycles. The van der Waals surface area contributed by atoms with Crippen molar-refractivity contribution in [2.24, 2.45) is 0 Å². The van der Waals surface area contributed by atoms with Crippen molar-refractivity contribution in [2.75, 3.05) is 13.1 Å². The molecule has 1 aliphatic rings. The van der Waals surface area contributed by atoms with Gasteiger partial charge in [-0.05, 0) is 44.2 Å². The van der Waals surface area contributed by atoms with Crippen molar-refractivity contribution >= 4 is 27.8 Å². The number of carbonyl (C=O) groups is 1. The summed E-state index contributed by atoms with van der Waals surface area (Å²) in [5.41, 5.74) is 2.93. The van der Waals surface area contributed by atoms with E-state index in [0.717, 1.165) is 27.4 Å². The summed E-state index contributed by atoms with van der Waals surface area (Å²) < 4.78 is 15.8. The minimum atomic E-state index is -0.712. The topological polar surface area (TPSA) is 57.5 Å². The molecule has 2 amide bonds. The molecular formula is C20H22FN3O2. The van der Waals surface area contributed by atoms with E-state index in [1.165, 1.54) is 12.1 Å². The SMILES string of the molecule is Cc1ccc2c(c1)c1cc(F)ccc1n2CC(O)CN1CC(C)NC1=O. The average molecular weight is 355 g/mol. The normalized spacial score (nSPS) is 18.7. The number of carbonyl (C=O) groups excluding carboxylic acids is 1. The summed E-state index contributed by atoms with van der Waals surface area (Å²) in [6.07, 6.45) is -0.712. The number of aromatic nitrogens is 1. The van der Waals surface area contributed by atoms with Crippen LogP contribution in [0.25, 0.3) is 21.8 Å². The highest BCUT2D eigenvalue weighted by molar-refractivity contribution is 6.08. The van der Waals surface area contributed by atoms with Crippen LogP contribution in [0.15, 0.2) is 36.4 Å². The first kappa shape index (κ1) is 16.8. The molecule has 0 spiro atoms. The summed E-state index contributed by atoms with van der Waals surface area (Å²) in [7, 11) is 0. The summed E-state index contributed by atoms with van der Waals surface area (Å²) in [5, 5.41) is 15.2. The first-order chi connectivity index (χ1) is 12.4. The summed E-state index contributed by atoms with van der Waals surface area (Å²) in [5.74, 6) is -0.277. The number of β-amino-alcohol motifs (C(OH)–C–C–N with tert-alkyl or cyclic N) is 1. The van der Waals surface area contributed by atoms with Crippen LogP contribution in [0.4, 0.5) is 9.18 Å². The Morgan fingerprint density at radius 1 is 1.19 bits per heavy atom. The Morgan fingerprint density at radius 2 is 1.88 bits per heavy atom. The predicted molar refractivity (Wildman–Crippen MR) is 99.7 cm³/mol. The maximum absolute atomic E-state index is 13.8. The zero-order chi connectivity index (χ0) is 18.4. The fourth-order valence-corrected chi connectivity index (χ4v) is 3.83. The van der Waals surface area contributed by atoms with Crippen LogP contribution in [0.5, 0.6) is 0 Å². The zero-order valence-corrected chi connectivity index (χ0v) is 14.9. The van der Waals surface area contributed by atoms with E-state index in [1.54, 1.807) is 11.0 Å². The van der Waals surface area contributed by atoms with Gasteiger partial charge >= 0.3 is 6.03 Å². The summed E-state index contributed by atoms with van der Waals surface area (Å²) in [4.78, 5) is 13.5. The molecule has 0 bridgehead atoms. The molecule has 1 aliphatic heterocycles. The maximum Gasteiger partial charge on any atom is 0.317 e. The number of nitrogens with zero attached hydrogens (tertiary/aromatic N) is 2. The first-order valence-corrected chi connectivity index (χ1v) is 8.84. The third-order valence-electron chi connectivity index (χ3n) is 4.96. The second-order valence-electron chi connectivity index (χ2n) is 7.20. The second kappa shape index (κ2) is 6.29. The minimum absolute atomic E-state index is 0.0916. The van der Waals surface area contributed by atoms with Crippen molar-refractivity contribution in [3.8, 4) is 0 Å². The quantitative estimate of drug-likeness (QED) is 0.756.